The number of ether oxygens (including phenoxy) is 2. The van der Waals surface area contributed by atoms with Crippen LogP contribution in [0.4, 0.5) is 11.4 Å². The molecule has 0 aromatic heterocycles. The Morgan fingerprint density at radius 1 is 0.862 bits per heavy atom. The van der Waals surface area contributed by atoms with Gasteiger partial charge in [0.15, 0.2) is 18.1 Å². The second kappa shape index (κ2) is 9.41. The molecule has 29 heavy (non-hydrogen) atoms. The molecule has 6 heteroatoms. The predicted octanol–water partition coefficient (Wildman–Crippen LogP) is 4.27. The molecule has 2 N–H and O–H groups in total. The van der Waals surface area contributed by atoms with Gasteiger partial charge in [-0.3, -0.25) is 9.59 Å². The molecule has 0 aliphatic heterocycles. The molecule has 2 amide bonds. The van der Waals surface area contributed by atoms with Crippen LogP contribution in [-0.2, 0) is 4.79 Å². The Balaban J connectivity index is 1.66. The number of hydrogen-bond acceptors (Lipinski definition) is 4. The summed E-state index contributed by atoms with van der Waals surface area (Å²) in [6.45, 7) is 1.74. The van der Waals surface area contributed by atoms with Gasteiger partial charge in [-0.05, 0) is 48.9 Å². The lowest BCUT2D eigenvalue weighted by molar-refractivity contribution is -0.118. The number of amides is 2. The minimum absolute atomic E-state index is 0.214. The monoisotopic (exact) mass is 390 g/mol. The summed E-state index contributed by atoms with van der Waals surface area (Å²) < 4.78 is 10.7. The van der Waals surface area contributed by atoms with Crippen molar-refractivity contribution in [2.75, 3.05) is 24.4 Å². The van der Waals surface area contributed by atoms with Gasteiger partial charge in [0.05, 0.1) is 18.4 Å². The molecule has 3 aromatic rings. The average molecular weight is 390 g/mol. The fourth-order valence-corrected chi connectivity index (χ4v) is 2.78. The maximum Gasteiger partial charge on any atom is 0.262 e. The van der Waals surface area contributed by atoms with Gasteiger partial charge in [-0.2, -0.15) is 0 Å². The van der Waals surface area contributed by atoms with E-state index in [0.29, 0.717) is 28.4 Å². The molecule has 148 valence electrons. The molecule has 0 spiro atoms. The van der Waals surface area contributed by atoms with E-state index in [9.17, 15) is 9.59 Å². The maximum atomic E-state index is 12.7. The lowest BCUT2D eigenvalue weighted by Crippen LogP contribution is -2.23. The van der Waals surface area contributed by atoms with Gasteiger partial charge < -0.3 is 20.1 Å². The summed E-state index contributed by atoms with van der Waals surface area (Å²) in [6.07, 6.45) is 0. The Hall–Kier alpha value is -3.80. The van der Waals surface area contributed by atoms with E-state index in [1.165, 1.54) is 7.11 Å². The molecule has 0 aliphatic rings. The van der Waals surface area contributed by atoms with Gasteiger partial charge in [0, 0.05) is 5.69 Å². The van der Waals surface area contributed by atoms with Crippen molar-refractivity contribution in [3.8, 4) is 11.5 Å². The molecular weight excluding hydrogens is 368 g/mol. The number of rotatable bonds is 7. The van der Waals surface area contributed by atoms with Gasteiger partial charge >= 0.3 is 0 Å². The van der Waals surface area contributed by atoms with Crippen LogP contribution in [0.2, 0.25) is 0 Å². The molecule has 0 saturated heterocycles. The molecule has 3 rings (SSSR count). The summed E-state index contributed by atoms with van der Waals surface area (Å²) in [5.74, 6) is 0.317. The van der Waals surface area contributed by atoms with E-state index < -0.39 is 0 Å². The Morgan fingerprint density at radius 2 is 1.59 bits per heavy atom. The number of aryl methyl sites for hydroxylation is 1. The van der Waals surface area contributed by atoms with Crippen LogP contribution in [0.25, 0.3) is 0 Å². The van der Waals surface area contributed by atoms with Crippen LogP contribution >= 0.6 is 0 Å². The topological polar surface area (TPSA) is 76.7 Å². The first-order valence-corrected chi connectivity index (χ1v) is 9.09. The summed E-state index contributed by atoms with van der Waals surface area (Å²) in [5.41, 5.74) is 2.50. The molecule has 0 fully saturated rings. The average Bonchev–Trinajstić information content (AvgIpc) is 2.73. The van der Waals surface area contributed by atoms with E-state index in [-0.39, 0.29) is 18.4 Å². The van der Waals surface area contributed by atoms with Crippen LogP contribution in [0, 0.1) is 6.92 Å². The summed E-state index contributed by atoms with van der Waals surface area (Å²) in [5, 5.41) is 5.58. The second-order valence-corrected chi connectivity index (χ2v) is 6.36. The zero-order valence-electron chi connectivity index (χ0n) is 16.3. The van der Waals surface area contributed by atoms with Crippen molar-refractivity contribution in [2.45, 2.75) is 6.92 Å². The molecule has 6 nitrogen and oxygen atoms in total. The largest absolute Gasteiger partial charge is 0.493 e. The minimum atomic E-state index is -0.383. The van der Waals surface area contributed by atoms with E-state index in [1.54, 1.807) is 42.5 Å². The Labute approximate surface area is 169 Å². The van der Waals surface area contributed by atoms with Crippen LogP contribution < -0.4 is 20.1 Å². The van der Waals surface area contributed by atoms with Crippen molar-refractivity contribution in [2.24, 2.45) is 0 Å². The molecular formula is C23H22N2O4. The van der Waals surface area contributed by atoms with E-state index in [1.807, 2.05) is 37.3 Å². The van der Waals surface area contributed by atoms with Gasteiger partial charge in [0.2, 0.25) is 0 Å². The zero-order valence-corrected chi connectivity index (χ0v) is 16.3. The number of hydrogen-bond donors (Lipinski definition) is 2. The van der Waals surface area contributed by atoms with Gasteiger partial charge in [0.25, 0.3) is 11.8 Å². The van der Waals surface area contributed by atoms with Gasteiger partial charge in [-0.25, -0.2) is 0 Å². The quantitative estimate of drug-likeness (QED) is 0.632. The highest BCUT2D eigenvalue weighted by Crippen LogP contribution is 2.25. The first kappa shape index (κ1) is 19.9. The van der Waals surface area contributed by atoms with Crippen LogP contribution in [0.15, 0.2) is 72.8 Å². The van der Waals surface area contributed by atoms with Crippen LogP contribution in [0.5, 0.6) is 11.5 Å². The zero-order chi connectivity index (χ0) is 20.6. The van der Waals surface area contributed by atoms with Crippen molar-refractivity contribution in [3.05, 3.63) is 83.9 Å². The number of anilines is 2. The summed E-state index contributed by atoms with van der Waals surface area (Å²) in [4.78, 5) is 25.0. The normalized spacial score (nSPS) is 10.1. The molecule has 0 radical (unpaired) electrons. The fourth-order valence-electron chi connectivity index (χ4n) is 2.78. The Bertz CT molecular complexity index is 1020. The minimum Gasteiger partial charge on any atom is -0.493 e. The van der Waals surface area contributed by atoms with Crippen LogP contribution in [-0.4, -0.2) is 25.5 Å². The van der Waals surface area contributed by atoms with E-state index >= 15 is 0 Å². The van der Waals surface area contributed by atoms with Crippen molar-refractivity contribution in [1.82, 2.24) is 0 Å². The number of carbonyl (C=O) groups excluding carboxylic acids is 2. The molecule has 0 saturated carbocycles. The highest BCUT2D eigenvalue weighted by molar-refractivity contribution is 6.10. The molecule has 0 heterocycles. The smallest absolute Gasteiger partial charge is 0.262 e. The first-order chi connectivity index (χ1) is 14.1. The van der Waals surface area contributed by atoms with Crippen molar-refractivity contribution in [3.63, 3.8) is 0 Å². The molecule has 0 atom stereocenters. The van der Waals surface area contributed by atoms with E-state index in [2.05, 4.69) is 10.6 Å². The number of methoxy groups -OCH3 is 1. The van der Waals surface area contributed by atoms with Crippen molar-refractivity contribution >= 4 is 23.2 Å². The predicted molar refractivity (Wildman–Crippen MR) is 113 cm³/mol. The number of carbonyl (C=O) groups is 2. The highest BCUT2D eigenvalue weighted by Gasteiger charge is 2.14. The second-order valence-electron chi connectivity index (χ2n) is 6.36. The van der Waals surface area contributed by atoms with Gasteiger partial charge in [0.1, 0.15) is 0 Å². The Morgan fingerprint density at radius 3 is 2.34 bits per heavy atom. The van der Waals surface area contributed by atoms with Gasteiger partial charge in [-0.1, -0.05) is 36.4 Å². The standard InChI is InChI=1S/C23H22N2O4/c1-16-8-7-9-17(14-16)24-23(27)18-10-3-4-11-19(18)25-22(26)15-29-21-13-6-5-12-20(21)28-2/h3-14H,15H2,1-2H3,(H,24,27)(H,25,26). The van der Waals surface area contributed by atoms with Gasteiger partial charge in [-0.15, -0.1) is 0 Å². The third-order valence-electron chi connectivity index (χ3n) is 4.15. The number of benzene rings is 3. The fraction of sp³-hybridized carbons (Fsp3) is 0.130. The lowest BCUT2D eigenvalue weighted by Gasteiger charge is -2.13. The third-order valence-corrected chi connectivity index (χ3v) is 4.15. The van der Waals surface area contributed by atoms with Crippen molar-refractivity contribution in [1.29, 1.82) is 0 Å². The molecule has 0 bridgehead atoms. The van der Waals surface area contributed by atoms with E-state index in [4.69, 9.17) is 9.47 Å². The molecule has 0 aliphatic carbocycles. The number of para-hydroxylation sites is 3. The summed E-state index contributed by atoms with van der Waals surface area (Å²) >= 11 is 0. The summed E-state index contributed by atoms with van der Waals surface area (Å²) in [6, 6.07) is 21.4. The van der Waals surface area contributed by atoms with Crippen LogP contribution in [0.3, 0.4) is 0 Å². The first-order valence-electron chi connectivity index (χ1n) is 9.09. The SMILES string of the molecule is COc1ccccc1OCC(=O)Nc1ccccc1C(=O)Nc1cccc(C)c1. The van der Waals surface area contributed by atoms with Crippen LogP contribution in [0.1, 0.15) is 15.9 Å². The maximum absolute atomic E-state index is 12.7. The lowest BCUT2D eigenvalue weighted by atomic mass is 10.1. The Kier molecular flexibility index (Phi) is 6.47. The molecule has 3 aromatic carbocycles. The van der Waals surface area contributed by atoms with E-state index in [0.717, 1.165) is 5.56 Å². The van der Waals surface area contributed by atoms with Crippen molar-refractivity contribution < 1.29 is 19.1 Å². The summed E-state index contributed by atoms with van der Waals surface area (Å²) in [7, 11) is 1.53. The third kappa shape index (κ3) is 5.35. The highest BCUT2D eigenvalue weighted by atomic mass is 16.5. The number of nitrogens with one attached hydrogen (secondary N) is 2. The molecule has 0 unspecified atom stereocenters.